The molecule has 0 spiro atoms. The fourth-order valence-corrected chi connectivity index (χ4v) is 2.96. The largest absolute Gasteiger partial charge is 0.493 e. The number of nitrogens with zero attached hydrogens (tertiary/aromatic N) is 1. The summed E-state index contributed by atoms with van der Waals surface area (Å²) >= 11 is 6.29. The van der Waals surface area contributed by atoms with E-state index in [1.54, 1.807) is 14.2 Å². The molecule has 0 radical (unpaired) electrons. The van der Waals surface area contributed by atoms with Crippen molar-refractivity contribution in [3.05, 3.63) is 58.6 Å². The molecule has 130 valence electrons. The van der Waals surface area contributed by atoms with Gasteiger partial charge in [0.2, 0.25) is 0 Å². The van der Waals surface area contributed by atoms with E-state index in [1.807, 2.05) is 18.2 Å². The van der Waals surface area contributed by atoms with Crippen molar-refractivity contribution >= 4 is 11.6 Å². The van der Waals surface area contributed by atoms with Crippen molar-refractivity contribution in [3.63, 3.8) is 0 Å². The summed E-state index contributed by atoms with van der Waals surface area (Å²) in [4.78, 5) is 2.17. The van der Waals surface area contributed by atoms with Gasteiger partial charge < -0.3 is 19.7 Å². The van der Waals surface area contributed by atoms with Gasteiger partial charge in [-0.05, 0) is 37.4 Å². The quantitative estimate of drug-likeness (QED) is 0.787. The van der Waals surface area contributed by atoms with Gasteiger partial charge in [0.15, 0.2) is 11.5 Å². The molecule has 0 saturated heterocycles. The van der Waals surface area contributed by atoms with Crippen LogP contribution in [0, 0.1) is 0 Å². The minimum atomic E-state index is 0.230. The van der Waals surface area contributed by atoms with Crippen molar-refractivity contribution in [2.24, 2.45) is 0 Å². The second kappa shape index (κ2) is 8.92. The van der Waals surface area contributed by atoms with Crippen molar-refractivity contribution in [3.8, 4) is 11.5 Å². The fourth-order valence-electron chi connectivity index (χ4n) is 2.65. The van der Waals surface area contributed by atoms with Crippen molar-refractivity contribution in [1.29, 1.82) is 0 Å². The lowest BCUT2D eigenvalue weighted by Crippen LogP contribution is -2.30. The van der Waals surface area contributed by atoms with Crippen LogP contribution >= 0.6 is 11.6 Å². The predicted molar refractivity (Wildman–Crippen MR) is 99.1 cm³/mol. The first-order chi connectivity index (χ1) is 11.5. The van der Waals surface area contributed by atoms with E-state index in [-0.39, 0.29) is 6.04 Å². The highest BCUT2D eigenvalue weighted by Crippen LogP contribution is 2.36. The van der Waals surface area contributed by atoms with Crippen LogP contribution in [0.5, 0.6) is 11.5 Å². The van der Waals surface area contributed by atoms with Crippen molar-refractivity contribution in [2.45, 2.75) is 12.6 Å². The molecule has 0 amide bonds. The van der Waals surface area contributed by atoms with Gasteiger partial charge in [-0.3, -0.25) is 0 Å². The molecule has 0 aliphatic heterocycles. The van der Waals surface area contributed by atoms with Gasteiger partial charge in [0.25, 0.3) is 0 Å². The second-order valence-corrected chi connectivity index (χ2v) is 6.33. The lowest BCUT2D eigenvalue weighted by atomic mass is 10.1. The highest BCUT2D eigenvalue weighted by molar-refractivity contribution is 6.32. The van der Waals surface area contributed by atoms with E-state index in [4.69, 9.17) is 21.1 Å². The van der Waals surface area contributed by atoms with E-state index in [0.29, 0.717) is 23.1 Å². The maximum absolute atomic E-state index is 6.29. The molecule has 0 heterocycles. The molecular formula is C19H25ClN2O2. The highest BCUT2D eigenvalue weighted by Gasteiger charge is 2.14. The third-order valence-electron chi connectivity index (χ3n) is 3.80. The summed E-state index contributed by atoms with van der Waals surface area (Å²) in [5.74, 6) is 1.21. The Hall–Kier alpha value is -1.75. The van der Waals surface area contributed by atoms with Crippen LogP contribution in [-0.2, 0) is 6.54 Å². The Labute approximate surface area is 149 Å². The molecule has 2 aromatic rings. The molecule has 0 unspecified atom stereocenters. The summed E-state index contributed by atoms with van der Waals surface area (Å²) in [6, 6.07) is 14.5. The number of nitrogens with one attached hydrogen (secondary N) is 1. The van der Waals surface area contributed by atoms with E-state index >= 15 is 0 Å². The van der Waals surface area contributed by atoms with E-state index in [2.05, 4.69) is 48.6 Å². The number of rotatable bonds is 8. The Morgan fingerprint density at radius 1 is 1.08 bits per heavy atom. The third kappa shape index (κ3) is 4.87. The second-order valence-electron chi connectivity index (χ2n) is 5.92. The summed E-state index contributed by atoms with van der Waals surface area (Å²) in [5, 5.41) is 4.16. The molecule has 24 heavy (non-hydrogen) atoms. The van der Waals surface area contributed by atoms with Gasteiger partial charge in [0.1, 0.15) is 0 Å². The normalized spacial score (nSPS) is 12.2. The lowest BCUT2D eigenvalue weighted by Gasteiger charge is -2.23. The minimum Gasteiger partial charge on any atom is -0.493 e. The van der Waals surface area contributed by atoms with Crippen LogP contribution in [0.4, 0.5) is 0 Å². The number of likely N-dealkylation sites (N-methyl/N-ethyl adjacent to an activating group) is 1. The van der Waals surface area contributed by atoms with Crippen LogP contribution in [0.3, 0.4) is 0 Å². The van der Waals surface area contributed by atoms with E-state index in [1.165, 1.54) is 5.56 Å². The van der Waals surface area contributed by atoms with Crippen LogP contribution in [0.15, 0.2) is 42.5 Å². The molecule has 4 nitrogen and oxygen atoms in total. The number of hydrogen-bond donors (Lipinski definition) is 1. The number of benzene rings is 2. The molecule has 0 aromatic heterocycles. The average Bonchev–Trinajstić information content (AvgIpc) is 2.58. The molecule has 2 rings (SSSR count). The summed E-state index contributed by atoms with van der Waals surface area (Å²) in [6.45, 7) is 1.60. The van der Waals surface area contributed by atoms with E-state index in [0.717, 1.165) is 12.1 Å². The van der Waals surface area contributed by atoms with Crippen LogP contribution in [0.2, 0.25) is 5.02 Å². The molecule has 1 N–H and O–H groups in total. The Balaban J connectivity index is 2.16. The fraction of sp³-hybridized carbons (Fsp3) is 0.368. The average molecular weight is 349 g/mol. The van der Waals surface area contributed by atoms with Gasteiger partial charge >= 0.3 is 0 Å². The maximum atomic E-state index is 6.29. The van der Waals surface area contributed by atoms with Gasteiger partial charge in [0, 0.05) is 19.1 Å². The van der Waals surface area contributed by atoms with Crippen LogP contribution < -0.4 is 14.8 Å². The zero-order chi connectivity index (χ0) is 17.5. The van der Waals surface area contributed by atoms with Gasteiger partial charge in [-0.25, -0.2) is 0 Å². The number of ether oxygens (including phenoxy) is 2. The van der Waals surface area contributed by atoms with Gasteiger partial charge in [-0.1, -0.05) is 41.9 Å². The molecule has 0 fully saturated rings. The molecule has 0 aliphatic rings. The topological polar surface area (TPSA) is 33.7 Å². The van der Waals surface area contributed by atoms with Gasteiger partial charge in [-0.2, -0.15) is 0 Å². The van der Waals surface area contributed by atoms with Gasteiger partial charge in [-0.15, -0.1) is 0 Å². The Morgan fingerprint density at radius 2 is 1.79 bits per heavy atom. The Morgan fingerprint density at radius 3 is 2.38 bits per heavy atom. The first-order valence-electron chi connectivity index (χ1n) is 7.88. The number of hydrogen-bond acceptors (Lipinski definition) is 4. The summed E-state index contributed by atoms with van der Waals surface area (Å²) in [5.41, 5.74) is 2.31. The first-order valence-corrected chi connectivity index (χ1v) is 8.26. The van der Waals surface area contributed by atoms with Gasteiger partial charge in [0.05, 0.1) is 19.2 Å². The zero-order valence-electron chi connectivity index (χ0n) is 14.7. The Kier molecular flexibility index (Phi) is 6.91. The maximum Gasteiger partial charge on any atom is 0.179 e. The molecule has 0 saturated carbocycles. The molecule has 5 heteroatoms. The van der Waals surface area contributed by atoms with Crippen LogP contribution in [0.1, 0.15) is 17.2 Å². The molecule has 0 aliphatic carbocycles. The summed E-state index contributed by atoms with van der Waals surface area (Å²) < 4.78 is 10.7. The van der Waals surface area contributed by atoms with Crippen molar-refractivity contribution < 1.29 is 9.47 Å². The van der Waals surface area contributed by atoms with Crippen LogP contribution in [0.25, 0.3) is 0 Å². The summed E-state index contributed by atoms with van der Waals surface area (Å²) in [7, 11) is 7.35. The first kappa shape index (κ1) is 18.6. The number of methoxy groups -OCH3 is 2. The monoisotopic (exact) mass is 348 g/mol. The third-order valence-corrected chi connectivity index (χ3v) is 4.08. The summed E-state index contributed by atoms with van der Waals surface area (Å²) in [6.07, 6.45) is 0. The molecule has 2 aromatic carbocycles. The lowest BCUT2D eigenvalue weighted by molar-refractivity contribution is 0.339. The molecule has 0 bridgehead atoms. The number of halogens is 1. The Bertz CT molecular complexity index is 647. The van der Waals surface area contributed by atoms with Crippen molar-refractivity contribution in [1.82, 2.24) is 10.2 Å². The minimum absolute atomic E-state index is 0.230. The van der Waals surface area contributed by atoms with Crippen molar-refractivity contribution in [2.75, 3.05) is 34.9 Å². The SMILES string of the molecule is COc1cc(CN[C@H](CN(C)C)c2ccccc2)cc(Cl)c1OC. The van der Waals surface area contributed by atoms with E-state index < -0.39 is 0 Å². The zero-order valence-corrected chi connectivity index (χ0v) is 15.4. The highest BCUT2D eigenvalue weighted by atomic mass is 35.5. The van der Waals surface area contributed by atoms with Crippen LogP contribution in [-0.4, -0.2) is 39.8 Å². The van der Waals surface area contributed by atoms with E-state index in [9.17, 15) is 0 Å². The predicted octanol–water partition coefficient (Wildman–Crippen LogP) is 3.75. The molecular weight excluding hydrogens is 324 g/mol. The standard InChI is InChI=1S/C19H25ClN2O2/c1-22(2)13-17(15-8-6-5-7-9-15)21-12-14-10-16(20)19(24-4)18(11-14)23-3/h5-11,17,21H,12-13H2,1-4H3/t17-/m1/s1. The molecule has 1 atom stereocenters. The smallest absolute Gasteiger partial charge is 0.179 e.